The van der Waals surface area contributed by atoms with Gasteiger partial charge in [-0.15, -0.1) is 0 Å². The lowest BCUT2D eigenvalue weighted by Crippen LogP contribution is -2.42. The summed E-state index contributed by atoms with van der Waals surface area (Å²) < 4.78 is 0. The zero-order valence-corrected chi connectivity index (χ0v) is 9.97. The second-order valence-corrected chi connectivity index (χ2v) is 4.13. The average molecular weight is 261 g/mol. The number of nitrogens with two attached hydrogens (primary N) is 1. The number of primary amides is 1. The van der Waals surface area contributed by atoms with Crippen LogP contribution in [0.15, 0.2) is 18.2 Å². The van der Waals surface area contributed by atoms with Crippen LogP contribution < -0.4 is 11.1 Å². The topological polar surface area (TPSA) is 72.2 Å². The molecule has 0 aliphatic heterocycles. The van der Waals surface area contributed by atoms with Crippen molar-refractivity contribution < 1.29 is 9.59 Å². The molecule has 3 N–H and O–H groups in total. The Balaban J connectivity index is 2.84. The standard InChI is InChI=1S/C10H10Cl2N2O2/c1-5(9(13)15)14-10(16)6-2-7(11)4-8(12)3-6/h2-5H,1H3,(H2,13,15)(H,14,16)/t5-/m1/s1. The van der Waals surface area contributed by atoms with Crippen LogP contribution in [0.3, 0.4) is 0 Å². The Morgan fingerprint density at radius 2 is 1.75 bits per heavy atom. The fourth-order valence-corrected chi connectivity index (χ4v) is 1.56. The summed E-state index contributed by atoms with van der Waals surface area (Å²) >= 11 is 11.5. The third-order valence-electron chi connectivity index (χ3n) is 1.90. The van der Waals surface area contributed by atoms with E-state index in [0.29, 0.717) is 10.0 Å². The quantitative estimate of drug-likeness (QED) is 0.867. The van der Waals surface area contributed by atoms with Crippen LogP contribution in [-0.2, 0) is 4.79 Å². The van der Waals surface area contributed by atoms with Crippen LogP contribution in [0.2, 0.25) is 10.0 Å². The van der Waals surface area contributed by atoms with Crippen LogP contribution in [0, 0.1) is 0 Å². The Hall–Kier alpha value is -1.26. The summed E-state index contributed by atoms with van der Waals surface area (Å²) in [6, 6.07) is 3.68. The largest absolute Gasteiger partial charge is 0.368 e. The molecule has 0 radical (unpaired) electrons. The van der Waals surface area contributed by atoms with E-state index in [4.69, 9.17) is 28.9 Å². The summed E-state index contributed by atoms with van der Waals surface area (Å²) in [5, 5.41) is 3.12. The molecule has 0 bridgehead atoms. The summed E-state index contributed by atoms with van der Waals surface area (Å²) in [7, 11) is 0. The molecule has 0 fully saturated rings. The molecule has 0 aromatic heterocycles. The van der Waals surface area contributed by atoms with Crippen LogP contribution in [-0.4, -0.2) is 17.9 Å². The van der Waals surface area contributed by atoms with Gasteiger partial charge in [0.1, 0.15) is 6.04 Å². The van der Waals surface area contributed by atoms with Gasteiger partial charge in [0, 0.05) is 15.6 Å². The van der Waals surface area contributed by atoms with E-state index in [0.717, 1.165) is 0 Å². The molecule has 0 aliphatic rings. The predicted molar refractivity (Wildman–Crippen MR) is 62.6 cm³/mol. The van der Waals surface area contributed by atoms with Gasteiger partial charge in [-0.1, -0.05) is 23.2 Å². The number of carbonyl (C=O) groups is 2. The molecule has 0 saturated carbocycles. The number of nitrogens with one attached hydrogen (secondary N) is 1. The van der Waals surface area contributed by atoms with Gasteiger partial charge in [-0.2, -0.15) is 0 Å². The van der Waals surface area contributed by atoms with E-state index in [9.17, 15) is 9.59 Å². The average Bonchev–Trinajstić information content (AvgIpc) is 2.15. The van der Waals surface area contributed by atoms with Gasteiger partial charge < -0.3 is 11.1 Å². The van der Waals surface area contributed by atoms with Crippen molar-refractivity contribution in [2.24, 2.45) is 5.73 Å². The first-order valence-electron chi connectivity index (χ1n) is 4.46. The Bertz CT molecular complexity index is 415. The first-order chi connectivity index (χ1) is 7.40. The minimum Gasteiger partial charge on any atom is -0.368 e. The predicted octanol–water partition coefficient (Wildman–Crippen LogP) is 1.60. The Morgan fingerprint density at radius 3 is 2.19 bits per heavy atom. The number of amides is 2. The van der Waals surface area contributed by atoms with Crippen molar-refractivity contribution in [3.63, 3.8) is 0 Å². The van der Waals surface area contributed by atoms with Crippen LogP contribution in [0.25, 0.3) is 0 Å². The van der Waals surface area contributed by atoms with E-state index in [1.807, 2.05) is 0 Å². The molecule has 1 rings (SSSR count). The van der Waals surface area contributed by atoms with Crippen LogP contribution in [0.1, 0.15) is 17.3 Å². The third kappa shape index (κ3) is 3.40. The number of hydrogen-bond acceptors (Lipinski definition) is 2. The maximum atomic E-state index is 11.6. The van der Waals surface area contributed by atoms with Gasteiger partial charge in [0.05, 0.1) is 0 Å². The van der Waals surface area contributed by atoms with Gasteiger partial charge in [-0.05, 0) is 25.1 Å². The van der Waals surface area contributed by atoms with Crippen molar-refractivity contribution in [2.75, 3.05) is 0 Å². The molecule has 1 aromatic carbocycles. The number of carbonyl (C=O) groups excluding carboxylic acids is 2. The molecule has 2 amide bonds. The summed E-state index contributed by atoms with van der Waals surface area (Å²) in [5.41, 5.74) is 5.30. The second kappa shape index (κ2) is 5.18. The van der Waals surface area contributed by atoms with Crippen molar-refractivity contribution >= 4 is 35.0 Å². The number of benzene rings is 1. The minimum atomic E-state index is -0.745. The van der Waals surface area contributed by atoms with Gasteiger partial charge >= 0.3 is 0 Å². The van der Waals surface area contributed by atoms with Gasteiger partial charge in [-0.3, -0.25) is 9.59 Å². The maximum absolute atomic E-state index is 11.6. The van der Waals surface area contributed by atoms with Crippen molar-refractivity contribution in [2.45, 2.75) is 13.0 Å². The summed E-state index contributed by atoms with van der Waals surface area (Å²) in [6.45, 7) is 1.49. The fourth-order valence-electron chi connectivity index (χ4n) is 1.04. The molecule has 6 heteroatoms. The molecule has 0 aliphatic carbocycles. The highest BCUT2D eigenvalue weighted by atomic mass is 35.5. The lowest BCUT2D eigenvalue weighted by atomic mass is 10.2. The first-order valence-corrected chi connectivity index (χ1v) is 5.22. The maximum Gasteiger partial charge on any atom is 0.252 e. The minimum absolute atomic E-state index is 0.283. The molecule has 86 valence electrons. The van der Waals surface area contributed by atoms with Gasteiger partial charge in [0.25, 0.3) is 5.91 Å². The number of rotatable bonds is 3. The molecule has 0 spiro atoms. The van der Waals surface area contributed by atoms with Crippen LogP contribution in [0.4, 0.5) is 0 Å². The SMILES string of the molecule is C[C@@H](NC(=O)c1cc(Cl)cc(Cl)c1)C(N)=O. The Morgan fingerprint density at radius 1 is 1.25 bits per heavy atom. The third-order valence-corrected chi connectivity index (χ3v) is 2.34. The molecule has 0 saturated heterocycles. The zero-order valence-electron chi connectivity index (χ0n) is 8.46. The van der Waals surface area contributed by atoms with Crippen LogP contribution >= 0.6 is 23.2 Å². The molecule has 0 heterocycles. The summed E-state index contributed by atoms with van der Waals surface area (Å²) in [6.07, 6.45) is 0. The van der Waals surface area contributed by atoms with E-state index < -0.39 is 17.9 Å². The smallest absolute Gasteiger partial charge is 0.252 e. The molecule has 0 unspecified atom stereocenters. The molecule has 1 atom stereocenters. The highest BCUT2D eigenvalue weighted by Gasteiger charge is 2.14. The van der Waals surface area contributed by atoms with Crippen LogP contribution in [0.5, 0.6) is 0 Å². The Labute approximate surface area is 103 Å². The summed E-state index contributed by atoms with van der Waals surface area (Å²) in [5.74, 6) is -1.06. The van der Waals surface area contributed by atoms with E-state index in [1.54, 1.807) is 0 Å². The van der Waals surface area contributed by atoms with E-state index in [-0.39, 0.29) is 5.56 Å². The highest BCUT2D eigenvalue weighted by Crippen LogP contribution is 2.18. The molecule has 1 aromatic rings. The lowest BCUT2D eigenvalue weighted by Gasteiger charge is -2.10. The van der Waals surface area contributed by atoms with Gasteiger partial charge in [0.2, 0.25) is 5.91 Å². The number of halogens is 2. The molecular weight excluding hydrogens is 251 g/mol. The van der Waals surface area contributed by atoms with E-state index >= 15 is 0 Å². The second-order valence-electron chi connectivity index (χ2n) is 3.26. The van der Waals surface area contributed by atoms with Gasteiger partial charge in [0.15, 0.2) is 0 Å². The van der Waals surface area contributed by atoms with E-state index in [1.165, 1.54) is 25.1 Å². The lowest BCUT2D eigenvalue weighted by molar-refractivity contribution is -0.119. The fraction of sp³-hybridized carbons (Fsp3) is 0.200. The molecule has 16 heavy (non-hydrogen) atoms. The molecular formula is C10H10Cl2N2O2. The van der Waals surface area contributed by atoms with E-state index in [2.05, 4.69) is 5.32 Å². The van der Waals surface area contributed by atoms with Crippen molar-refractivity contribution in [3.05, 3.63) is 33.8 Å². The van der Waals surface area contributed by atoms with Crippen molar-refractivity contribution in [3.8, 4) is 0 Å². The zero-order chi connectivity index (χ0) is 12.3. The Kier molecular flexibility index (Phi) is 4.15. The number of hydrogen-bond donors (Lipinski definition) is 2. The monoisotopic (exact) mass is 260 g/mol. The first kappa shape index (κ1) is 12.8. The van der Waals surface area contributed by atoms with Gasteiger partial charge in [-0.25, -0.2) is 0 Å². The normalized spacial score (nSPS) is 11.9. The van der Waals surface area contributed by atoms with Crippen molar-refractivity contribution in [1.29, 1.82) is 0 Å². The highest BCUT2D eigenvalue weighted by molar-refractivity contribution is 6.35. The van der Waals surface area contributed by atoms with Crippen molar-refractivity contribution in [1.82, 2.24) is 5.32 Å². The summed E-state index contributed by atoms with van der Waals surface area (Å²) in [4.78, 5) is 22.4. The molecule has 4 nitrogen and oxygen atoms in total.